The fourth-order valence-corrected chi connectivity index (χ4v) is 3.97. The first kappa shape index (κ1) is 21.4. The van der Waals surface area contributed by atoms with Gasteiger partial charge < -0.3 is 10.1 Å². The van der Waals surface area contributed by atoms with Crippen LogP contribution in [0, 0.1) is 11.6 Å². The zero-order valence-corrected chi connectivity index (χ0v) is 17.4. The summed E-state index contributed by atoms with van der Waals surface area (Å²) in [5.74, 6) is -2.93. The summed E-state index contributed by atoms with van der Waals surface area (Å²) in [5.41, 5.74) is 0.538. The number of carbonyl (C=O) groups excluding carboxylic acids is 2. The molecule has 1 atom stereocenters. The number of halogens is 2. The molecular weight excluding hydrogens is 412 g/mol. The largest absolute Gasteiger partial charge is 0.467 e. The van der Waals surface area contributed by atoms with Crippen LogP contribution in [0.5, 0.6) is 0 Å². The van der Waals surface area contributed by atoms with Crippen molar-refractivity contribution in [1.82, 2.24) is 5.32 Å². The molecular formula is C26H21F2NO3. The van der Waals surface area contributed by atoms with Gasteiger partial charge in [-0.25, -0.2) is 13.6 Å². The Labute approximate surface area is 183 Å². The highest BCUT2D eigenvalue weighted by Gasteiger charge is 2.25. The van der Waals surface area contributed by atoms with Crippen molar-refractivity contribution in [2.24, 2.45) is 0 Å². The highest BCUT2D eigenvalue weighted by molar-refractivity contribution is 6.02. The minimum atomic E-state index is -1.02. The maximum Gasteiger partial charge on any atom is 0.328 e. The van der Waals surface area contributed by atoms with Crippen LogP contribution in [0.2, 0.25) is 0 Å². The molecule has 0 heterocycles. The average molecular weight is 433 g/mol. The highest BCUT2D eigenvalue weighted by atomic mass is 19.1. The van der Waals surface area contributed by atoms with E-state index in [1.165, 1.54) is 13.2 Å². The Morgan fingerprint density at radius 1 is 0.844 bits per heavy atom. The van der Waals surface area contributed by atoms with Crippen molar-refractivity contribution in [2.45, 2.75) is 18.9 Å². The number of esters is 1. The molecule has 4 nitrogen and oxygen atoms in total. The van der Waals surface area contributed by atoms with E-state index >= 15 is 0 Å². The van der Waals surface area contributed by atoms with Crippen LogP contribution in [0.3, 0.4) is 0 Å². The smallest absolute Gasteiger partial charge is 0.328 e. The Morgan fingerprint density at radius 3 is 1.97 bits per heavy atom. The number of methoxy groups -OCH3 is 1. The lowest BCUT2D eigenvalue weighted by Crippen LogP contribution is -2.44. The fraction of sp³-hybridized carbons (Fsp3) is 0.154. The molecule has 0 radical (unpaired) electrons. The molecule has 0 aliphatic carbocycles. The lowest BCUT2D eigenvalue weighted by Gasteiger charge is -2.19. The summed E-state index contributed by atoms with van der Waals surface area (Å²) in [4.78, 5) is 25.1. The van der Waals surface area contributed by atoms with Gasteiger partial charge in [0.05, 0.1) is 13.5 Å². The third-order valence-electron chi connectivity index (χ3n) is 5.51. The van der Waals surface area contributed by atoms with Crippen molar-refractivity contribution in [3.8, 4) is 0 Å². The number of fused-ring (bicyclic) bond motifs is 2. The van der Waals surface area contributed by atoms with E-state index in [1.54, 1.807) is 0 Å². The number of hydrogen-bond donors (Lipinski definition) is 1. The fourth-order valence-electron chi connectivity index (χ4n) is 3.97. The Hall–Kier alpha value is -3.80. The third kappa shape index (κ3) is 4.30. The summed E-state index contributed by atoms with van der Waals surface area (Å²) in [5, 5.41) is 6.52. The van der Waals surface area contributed by atoms with E-state index in [0.717, 1.165) is 39.2 Å². The molecule has 0 fully saturated rings. The van der Waals surface area contributed by atoms with E-state index in [4.69, 9.17) is 4.74 Å². The SMILES string of the molecule is COC(=O)[C@@H](Cc1c2ccccc2cc2ccccc12)NC(=O)Cc1c(F)cccc1F. The summed E-state index contributed by atoms with van der Waals surface area (Å²) >= 11 is 0. The van der Waals surface area contributed by atoms with E-state index in [1.807, 2.05) is 48.5 Å². The summed E-state index contributed by atoms with van der Waals surface area (Å²) < 4.78 is 32.8. The molecule has 0 unspecified atom stereocenters. The van der Waals surface area contributed by atoms with Crippen LogP contribution in [0.1, 0.15) is 11.1 Å². The van der Waals surface area contributed by atoms with Crippen LogP contribution in [-0.4, -0.2) is 25.0 Å². The quantitative estimate of drug-likeness (QED) is 0.354. The summed E-state index contributed by atoms with van der Waals surface area (Å²) in [6.45, 7) is 0. The minimum absolute atomic E-state index is 0.167. The lowest BCUT2D eigenvalue weighted by atomic mass is 9.92. The first-order chi connectivity index (χ1) is 15.5. The van der Waals surface area contributed by atoms with Crippen molar-refractivity contribution < 1.29 is 23.1 Å². The molecule has 0 saturated carbocycles. The number of hydrogen-bond acceptors (Lipinski definition) is 3. The average Bonchev–Trinajstić information content (AvgIpc) is 2.80. The lowest BCUT2D eigenvalue weighted by molar-refractivity contribution is -0.145. The summed E-state index contributed by atoms with van der Waals surface area (Å²) in [6, 6.07) is 20.0. The summed E-state index contributed by atoms with van der Waals surface area (Å²) in [7, 11) is 1.24. The van der Waals surface area contributed by atoms with Crippen molar-refractivity contribution in [1.29, 1.82) is 0 Å². The monoisotopic (exact) mass is 433 g/mol. The van der Waals surface area contributed by atoms with E-state index in [-0.39, 0.29) is 12.0 Å². The van der Waals surface area contributed by atoms with Gasteiger partial charge in [-0.2, -0.15) is 0 Å². The Bertz CT molecular complexity index is 1240. The molecule has 0 bridgehead atoms. The minimum Gasteiger partial charge on any atom is -0.467 e. The topological polar surface area (TPSA) is 55.4 Å². The number of rotatable bonds is 6. The van der Waals surface area contributed by atoms with E-state index in [2.05, 4.69) is 11.4 Å². The molecule has 6 heteroatoms. The van der Waals surface area contributed by atoms with Crippen LogP contribution in [0.4, 0.5) is 8.78 Å². The van der Waals surface area contributed by atoms with Gasteiger partial charge in [0.25, 0.3) is 0 Å². The third-order valence-corrected chi connectivity index (χ3v) is 5.51. The Morgan fingerprint density at radius 2 is 1.41 bits per heavy atom. The zero-order valence-electron chi connectivity index (χ0n) is 17.4. The van der Waals surface area contributed by atoms with Crippen molar-refractivity contribution >= 4 is 33.4 Å². The normalized spacial score (nSPS) is 12.0. The second-order valence-electron chi connectivity index (χ2n) is 7.52. The first-order valence-corrected chi connectivity index (χ1v) is 10.2. The van der Waals surface area contributed by atoms with Gasteiger partial charge in [0.1, 0.15) is 17.7 Å². The first-order valence-electron chi connectivity index (χ1n) is 10.2. The Kier molecular flexibility index (Phi) is 6.12. The predicted molar refractivity (Wildman–Crippen MR) is 119 cm³/mol. The maximum atomic E-state index is 14.0. The van der Waals surface area contributed by atoms with Crippen molar-refractivity contribution in [3.63, 3.8) is 0 Å². The van der Waals surface area contributed by atoms with Crippen molar-refractivity contribution in [2.75, 3.05) is 7.11 Å². The standard InChI is InChI=1S/C26H21F2NO3/c1-32-26(31)24(29-25(30)15-21-22(27)11-6-12-23(21)28)14-20-18-9-4-2-7-16(18)13-17-8-3-5-10-19(17)20/h2-13,24H,14-15H2,1H3,(H,29,30)/t24-/m1/s1. The van der Waals surface area contributed by atoms with Crippen LogP contribution in [0.25, 0.3) is 21.5 Å². The van der Waals surface area contributed by atoms with Gasteiger partial charge in [-0.05, 0) is 45.3 Å². The van der Waals surface area contributed by atoms with E-state index in [9.17, 15) is 18.4 Å². The Balaban J connectivity index is 1.68. The van der Waals surface area contributed by atoms with Crippen LogP contribution < -0.4 is 5.32 Å². The zero-order chi connectivity index (χ0) is 22.7. The number of amides is 1. The maximum absolute atomic E-state index is 14.0. The van der Waals surface area contributed by atoms with Gasteiger partial charge in [0.2, 0.25) is 5.91 Å². The van der Waals surface area contributed by atoms with Crippen LogP contribution >= 0.6 is 0 Å². The molecule has 32 heavy (non-hydrogen) atoms. The highest BCUT2D eigenvalue weighted by Crippen LogP contribution is 2.29. The molecule has 0 aliphatic heterocycles. The van der Waals surface area contributed by atoms with Gasteiger partial charge in [-0.15, -0.1) is 0 Å². The number of ether oxygens (including phenoxy) is 1. The molecule has 1 N–H and O–H groups in total. The molecule has 162 valence electrons. The van der Waals surface area contributed by atoms with Crippen molar-refractivity contribution in [3.05, 3.63) is 95.6 Å². The van der Waals surface area contributed by atoms with Gasteiger partial charge in [0, 0.05) is 12.0 Å². The molecule has 4 rings (SSSR count). The second-order valence-corrected chi connectivity index (χ2v) is 7.52. The number of benzene rings is 4. The molecule has 0 aliphatic rings. The number of nitrogens with one attached hydrogen (secondary N) is 1. The molecule has 1 amide bonds. The van der Waals surface area contributed by atoms with Gasteiger partial charge in [-0.1, -0.05) is 54.6 Å². The van der Waals surface area contributed by atoms with E-state index < -0.39 is 36.0 Å². The van der Waals surface area contributed by atoms with Gasteiger partial charge >= 0.3 is 5.97 Å². The summed E-state index contributed by atoms with van der Waals surface area (Å²) in [6.07, 6.45) is -0.359. The molecule has 4 aromatic carbocycles. The van der Waals surface area contributed by atoms with Gasteiger partial charge in [0.15, 0.2) is 0 Å². The van der Waals surface area contributed by atoms with Crippen LogP contribution in [0.15, 0.2) is 72.8 Å². The molecule has 0 saturated heterocycles. The predicted octanol–water partition coefficient (Wildman–Crippen LogP) is 4.71. The molecule has 0 aromatic heterocycles. The molecule has 4 aromatic rings. The van der Waals surface area contributed by atoms with E-state index in [0.29, 0.717) is 0 Å². The second kappa shape index (κ2) is 9.14. The molecule has 0 spiro atoms. The van der Waals surface area contributed by atoms with Crippen LogP contribution in [-0.2, 0) is 27.2 Å². The van der Waals surface area contributed by atoms with Gasteiger partial charge in [-0.3, -0.25) is 4.79 Å². The number of carbonyl (C=O) groups is 2.